The molecular formula is C17H14ClNO2. The molecule has 0 spiro atoms. The van der Waals surface area contributed by atoms with E-state index in [1.807, 2.05) is 13.0 Å². The highest BCUT2D eigenvalue weighted by molar-refractivity contribution is 6.35. The molecule has 0 saturated heterocycles. The molecule has 0 aliphatic rings. The highest BCUT2D eigenvalue weighted by Crippen LogP contribution is 2.21. The van der Waals surface area contributed by atoms with Gasteiger partial charge in [0.2, 0.25) is 0 Å². The first-order chi connectivity index (χ1) is 10.1. The summed E-state index contributed by atoms with van der Waals surface area (Å²) >= 11 is 6.14. The Morgan fingerprint density at radius 2 is 2.05 bits per heavy atom. The average Bonchev–Trinajstić information content (AvgIpc) is 2.48. The van der Waals surface area contributed by atoms with Crippen LogP contribution in [0.5, 0.6) is 0 Å². The summed E-state index contributed by atoms with van der Waals surface area (Å²) in [7, 11) is 0. The zero-order chi connectivity index (χ0) is 15.2. The molecule has 1 amide bonds. The number of amides is 1. The number of benzene rings is 2. The van der Waals surface area contributed by atoms with Crippen molar-refractivity contribution in [2.75, 3.05) is 11.9 Å². The smallest absolute Gasteiger partial charge is 0.257 e. The molecule has 0 fully saturated rings. The van der Waals surface area contributed by atoms with E-state index < -0.39 is 0 Å². The van der Waals surface area contributed by atoms with Crippen LogP contribution >= 0.6 is 11.6 Å². The van der Waals surface area contributed by atoms with Crippen molar-refractivity contribution in [3.05, 3.63) is 64.2 Å². The van der Waals surface area contributed by atoms with Crippen molar-refractivity contribution in [2.24, 2.45) is 0 Å². The van der Waals surface area contributed by atoms with Crippen LogP contribution in [0.2, 0.25) is 5.02 Å². The second-order valence-corrected chi connectivity index (χ2v) is 4.81. The van der Waals surface area contributed by atoms with E-state index in [1.165, 1.54) is 0 Å². The quantitative estimate of drug-likeness (QED) is 0.836. The van der Waals surface area contributed by atoms with Gasteiger partial charge >= 0.3 is 0 Å². The second kappa shape index (κ2) is 6.94. The van der Waals surface area contributed by atoms with Crippen molar-refractivity contribution >= 4 is 23.2 Å². The van der Waals surface area contributed by atoms with E-state index in [9.17, 15) is 4.79 Å². The summed E-state index contributed by atoms with van der Waals surface area (Å²) in [6.07, 6.45) is 0. The van der Waals surface area contributed by atoms with E-state index in [1.54, 1.807) is 36.4 Å². The minimum atomic E-state index is -0.268. The Morgan fingerprint density at radius 1 is 1.29 bits per heavy atom. The van der Waals surface area contributed by atoms with Gasteiger partial charge in [0.05, 0.1) is 10.6 Å². The van der Waals surface area contributed by atoms with Gasteiger partial charge in [-0.15, -0.1) is 0 Å². The van der Waals surface area contributed by atoms with Gasteiger partial charge in [-0.3, -0.25) is 4.79 Å². The molecule has 2 N–H and O–H groups in total. The van der Waals surface area contributed by atoms with Crippen LogP contribution in [0, 0.1) is 18.8 Å². The van der Waals surface area contributed by atoms with Gasteiger partial charge in [-0.1, -0.05) is 41.6 Å². The summed E-state index contributed by atoms with van der Waals surface area (Å²) in [6, 6.07) is 12.4. The Bertz CT molecular complexity index is 729. The number of aryl methyl sites for hydroxylation is 1. The monoisotopic (exact) mass is 299 g/mol. The maximum absolute atomic E-state index is 12.2. The third-order valence-corrected chi connectivity index (χ3v) is 3.37. The Labute approximate surface area is 128 Å². The first-order valence-electron chi connectivity index (χ1n) is 6.38. The van der Waals surface area contributed by atoms with Crippen molar-refractivity contribution in [1.29, 1.82) is 0 Å². The van der Waals surface area contributed by atoms with Gasteiger partial charge in [-0.25, -0.2) is 0 Å². The van der Waals surface area contributed by atoms with Crippen LogP contribution in [-0.4, -0.2) is 17.6 Å². The fraction of sp³-hybridized carbons (Fsp3) is 0.118. The normalized spacial score (nSPS) is 9.67. The van der Waals surface area contributed by atoms with Gasteiger partial charge in [0, 0.05) is 11.3 Å². The molecule has 0 heterocycles. The van der Waals surface area contributed by atoms with Crippen LogP contribution in [0.25, 0.3) is 0 Å². The Morgan fingerprint density at radius 3 is 2.81 bits per heavy atom. The van der Waals surface area contributed by atoms with Crippen molar-refractivity contribution in [1.82, 2.24) is 0 Å². The van der Waals surface area contributed by atoms with Crippen LogP contribution in [0.4, 0.5) is 5.69 Å². The third-order valence-electron chi connectivity index (χ3n) is 2.87. The van der Waals surface area contributed by atoms with Crippen LogP contribution in [0.1, 0.15) is 21.5 Å². The minimum absolute atomic E-state index is 0.199. The Balaban J connectivity index is 2.22. The predicted molar refractivity (Wildman–Crippen MR) is 84.5 cm³/mol. The standard InChI is InChI=1S/C17H14ClNO2/c1-12-5-2-9-15(16(12)18)17(21)19-14-8-3-6-13(11-14)7-4-10-20/h2-3,5-6,8-9,11,20H,10H2,1H3,(H,19,21). The first-order valence-corrected chi connectivity index (χ1v) is 6.76. The summed E-state index contributed by atoms with van der Waals surface area (Å²) in [6.45, 7) is 1.65. The number of aliphatic hydroxyl groups excluding tert-OH is 1. The largest absolute Gasteiger partial charge is 0.384 e. The van der Waals surface area contributed by atoms with E-state index in [0.717, 1.165) is 11.1 Å². The van der Waals surface area contributed by atoms with Crippen LogP contribution < -0.4 is 5.32 Å². The molecule has 0 aliphatic carbocycles. The molecule has 0 aliphatic heterocycles. The number of rotatable bonds is 2. The molecule has 106 valence electrons. The second-order valence-electron chi connectivity index (χ2n) is 4.43. The molecule has 0 bridgehead atoms. The topological polar surface area (TPSA) is 49.3 Å². The number of anilines is 1. The SMILES string of the molecule is Cc1cccc(C(=O)Nc2cccc(C#CCO)c2)c1Cl. The van der Waals surface area contributed by atoms with Crippen molar-refractivity contribution in [2.45, 2.75) is 6.92 Å². The van der Waals surface area contributed by atoms with Crippen LogP contribution in [0.3, 0.4) is 0 Å². The van der Waals surface area contributed by atoms with E-state index in [4.69, 9.17) is 16.7 Å². The molecule has 2 rings (SSSR count). The maximum atomic E-state index is 12.2. The molecule has 0 saturated carbocycles. The van der Waals surface area contributed by atoms with Crippen molar-refractivity contribution in [3.63, 3.8) is 0 Å². The van der Waals surface area contributed by atoms with Gasteiger partial charge in [0.15, 0.2) is 0 Å². The predicted octanol–water partition coefficient (Wildman–Crippen LogP) is 3.24. The molecule has 3 nitrogen and oxygen atoms in total. The fourth-order valence-corrected chi connectivity index (χ4v) is 2.05. The van der Waals surface area contributed by atoms with E-state index in [2.05, 4.69) is 17.2 Å². The Hall–Kier alpha value is -2.28. The maximum Gasteiger partial charge on any atom is 0.257 e. The van der Waals surface area contributed by atoms with Crippen LogP contribution in [-0.2, 0) is 0 Å². The lowest BCUT2D eigenvalue weighted by Gasteiger charge is -2.08. The number of hydrogen-bond acceptors (Lipinski definition) is 2. The Kier molecular flexibility index (Phi) is 4.99. The number of carbonyl (C=O) groups excluding carboxylic acids is 1. The number of nitrogens with one attached hydrogen (secondary N) is 1. The summed E-state index contributed by atoms with van der Waals surface area (Å²) in [4.78, 5) is 12.2. The highest BCUT2D eigenvalue weighted by atomic mass is 35.5. The summed E-state index contributed by atoms with van der Waals surface area (Å²) < 4.78 is 0. The van der Waals surface area contributed by atoms with E-state index >= 15 is 0 Å². The van der Waals surface area contributed by atoms with Crippen LogP contribution in [0.15, 0.2) is 42.5 Å². The lowest BCUT2D eigenvalue weighted by molar-refractivity contribution is 0.102. The first kappa shape index (κ1) is 15.1. The average molecular weight is 300 g/mol. The number of hydrogen-bond donors (Lipinski definition) is 2. The van der Waals surface area contributed by atoms with Gasteiger partial charge in [0.25, 0.3) is 5.91 Å². The summed E-state index contributed by atoms with van der Waals surface area (Å²) in [5, 5.41) is 11.9. The molecule has 2 aromatic carbocycles. The molecular weight excluding hydrogens is 286 g/mol. The fourth-order valence-electron chi connectivity index (χ4n) is 1.84. The molecule has 0 radical (unpaired) electrons. The number of carbonyl (C=O) groups is 1. The van der Waals surface area contributed by atoms with E-state index in [-0.39, 0.29) is 12.5 Å². The molecule has 0 atom stereocenters. The summed E-state index contributed by atoms with van der Waals surface area (Å²) in [5.41, 5.74) is 2.63. The number of aliphatic hydroxyl groups is 1. The van der Waals surface area contributed by atoms with Gasteiger partial charge in [-0.2, -0.15) is 0 Å². The lowest BCUT2D eigenvalue weighted by atomic mass is 10.1. The lowest BCUT2D eigenvalue weighted by Crippen LogP contribution is -2.12. The molecule has 0 unspecified atom stereocenters. The molecule has 4 heteroatoms. The zero-order valence-electron chi connectivity index (χ0n) is 11.5. The third kappa shape index (κ3) is 3.85. The van der Waals surface area contributed by atoms with Gasteiger partial charge in [0.1, 0.15) is 6.61 Å². The molecule has 2 aromatic rings. The van der Waals surface area contributed by atoms with Gasteiger partial charge < -0.3 is 10.4 Å². The highest BCUT2D eigenvalue weighted by Gasteiger charge is 2.11. The molecule has 21 heavy (non-hydrogen) atoms. The van der Waals surface area contributed by atoms with E-state index in [0.29, 0.717) is 16.3 Å². The number of halogens is 1. The van der Waals surface area contributed by atoms with Crippen molar-refractivity contribution in [3.8, 4) is 11.8 Å². The molecule has 0 aromatic heterocycles. The van der Waals surface area contributed by atoms with Gasteiger partial charge in [-0.05, 0) is 36.8 Å². The van der Waals surface area contributed by atoms with Crippen molar-refractivity contribution < 1.29 is 9.90 Å². The minimum Gasteiger partial charge on any atom is -0.384 e. The zero-order valence-corrected chi connectivity index (χ0v) is 12.2. The summed E-state index contributed by atoms with van der Waals surface area (Å²) in [5.74, 6) is 5.09.